The molecular weight excluding hydrogens is 288 g/mol. The van der Waals surface area contributed by atoms with Gasteiger partial charge >= 0.3 is 6.09 Å². The van der Waals surface area contributed by atoms with Crippen LogP contribution in [0.3, 0.4) is 0 Å². The maximum atomic E-state index is 11.8. The topological polar surface area (TPSA) is 62.1 Å². The number of nitrogens with one attached hydrogen (secondary N) is 1. The van der Waals surface area contributed by atoms with E-state index in [2.05, 4.69) is 11.4 Å². The molecule has 0 unspecified atom stereocenters. The summed E-state index contributed by atoms with van der Waals surface area (Å²) in [6.45, 7) is 5.39. The number of ether oxygens (including phenoxy) is 1. The Morgan fingerprint density at radius 1 is 1.43 bits per heavy atom. The van der Waals surface area contributed by atoms with E-state index in [1.165, 1.54) is 0 Å². The number of nitrogens with zero attached hydrogens (tertiary/aromatic N) is 1. The van der Waals surface area contributed by atoms with Crippen molar-refractivity contribution >= 4 is 23.4 Å². The quantitative estimate of drug-likeness (QED) is 0.866. The van der Waals surface area contributed by atoms with Crippen molar-refractivity contribution in [1.29, 1.82) is 5.26 Å². The minimum Gasteiger partial charge on any atom is -0.444 e. The molecule has 1 aromatic rings. The fourth-order valence-electron chi connectivity index (χ4n) is 2.33. The van der Waals surface area contributed by atoms with Crippen LogP contribution in [0, 0.1) is 11.3 Å². The average molecular weight is 307 g/mol. The third kappa shape index (κ3) is 3.48. The van der Waals surface area contributed by atoms with Crippen molar-refractivity contribution in [3.8, 4) is 6.07 Å². The number of nitriles is 1. The Balaban J connectivity index is 2.21. The summed E-state index contributed by atoms with van der Waals surface area (Å²) < 4.78 is 5.22. The van der Waals surface area contributed by atoms with E-state index in [1.807, 2.05) is 6.07 Å². The van der Waals surface area contributed by atoms with Crippen LogP contribution in [0.4, 0.5) is 10.5 Å². The van der Waals surface area contributed by atoms with E-state index in [-0.39, 0.29) is 0 Å². The Labute approximate surface area is 130 Å². The normalized spacial score (nSPS) is 16.5. The zero-order valence-electron chi connectivity index (χ0n) is 12.5. The SMILES string of the molecule is CC(C)(C)OC(=O)Nc1cc(C2(C#N)CCC2)ccc1Cl. The Hall–Kier alpha value is -1.73. The zero-order valence-corrected chi connectivity index (χ0v) is 13.3. The molecule has 1 N–H and O–H groups in total. The molecular formula is C16H19ClN2O2. The molecule has 2 rings (SSSR count). The lowest BCUT2D eigenvalue weighted by Crippen LogP contribution is -2.32. The Morgan fingerprint density at radius 2 is 2.10 bits per heavy atom. The summed E-state index contributed by atoms with van der Waals surface area (Å²) in [6.07, 6.45) is 2.18. The highest BCUT2D eigenvalue weighted by molar-refractivity contribution is 6.33. The summed E-state index contributed by atoms with van der Waals surface area (Å²) >= 11 is 6.11. The van der Waals surface area contributed by atoms with E-state index in [4.69, 9.17) is 16.3 Å². The lowest BCUT2D eigenvalue weighted by Gasteiger charge is -2.36. The first-order chi connectivity index (χ1) is 9.76. The standard InChI is InChI=1S/C16H19ClN2O2/c1-15(2,3)21-14(20)19-13-9-11(5-6-12(13)17)16(10-18)7-4-8-16/h5-6,9H,4,7-8H2,1-3H3,(H,19,20). The van der Waals surface area contributed by atoms with Gasteiger partial charge in [-0.05, 0) is 57.7 Å². The van der Waals surface area contributed by atoms with E-state index in [1.54, 1.807) is 32.9 Å². The van der Waals surface area contributed by atoms with Crippen LogP contribution in [0.5, 0.6) is 0 Å². The highest BCUT2D eigenvalue weighted by atomic mass is 35.5. The molecule has 4 nitrogen and oxygen atoms in total. The molecule has 1 aliphatic rings. The Morgan fingerprint density at radius 3 is 2.57 bits per heavy atom. The first-order valence-corrected chi connectivity index (χ1v) is 7.35. The van der Waals surface area contributed by atoms with Gasteiger partial charge in [-0.1, -0.05) is 17.7 Å². The van der Waals surface area contributed by atoms with Gasteiger partial charge in [0.2, 0.25) is 0 Å². The molecule has 1 saturated carbocycles. The van der Waals surface area contributed by atoms with Crippen LogP contribution in [0.1, 0.15) is 45.6 Å². The summed E-state index contributed by atoms with van der Waals surface area (Å²) in [5.41, 5.74) is 0.363. The largest absolute Gasteiger partial charge is 0.444 e. The number of carbonyl (C=O) groups is 1. The molecule has 0 aliphatic heterocycles. The number of benzene rings is 1. The molecule has 5 heteroatoms. The van der Waals surface area contributed by atoms with Crippen molar-refractivity contribution in [3.05, 3.63) is 28.8 Å². The molecule has 1 fully saturated rings. The molecule has 0 spiro atoms. The Kier molecular flexibility index (Phi) is 4.15. The van der Waals surface area contributed by atoms with Crippen LogP contribution in [0.15, 0.2) is 18.2 Å². The highest BCUT2D eigenvalue weighted by Gasteiger charge is 2.39. The summed E-state index contributed by atoms with van der Waals surface area (Å²) in [4.78, 5) is 11.8. The third-order valence-electron chi connectivity index (χ3n) is 3.58. The second kappa shape index (κ2) is 5.57. The van der Waals surface area contributed by atoms with Gasteiger partial charge in [0, 0.05) is 0 Å². The molecule has 0 bridgehead atoms. The minimum atomic E-state index is -0.573. The van der Waals surface area contributed by atoms with Crippen LogP contribution in [0.25, 0.3) is 0 Å². The summed E-state index contributed by atoms with van der Waals surface area (Å²) in [6, 6.07) is 7.72. The molecule has 0 atom stereocenters. The molecule has 0 saturated heterocycles. The van der Waals surface area contributed by atoms with Crippen molar-refractivity contribution in [3.63, 3.8) is 0 Å². The van der Waals surface area contributed by atoms with Crippen molar-refractivity contribution in [2.45, 2.75) is 51.0 Å². The van der Waals surface area contributed by atoms with Gasteiger partial charge in [0.1, 0.15) is 5.60 Å². The van der Waals surface area contributed by atoms with E-state index in [0.29, 0.717) is 10.7 Å². The maximum Gasteiger partial charge on any atom is 0.412 e. The van der Waals surface area contributed by atoms with Gasteiger partial charge in [-0.15, -0.1) is 0 Å². The fraction of sp³-hybridized carbons (Fsp3) is 0.500. The van der Waals surface area contributed by atoms with Crippen molar-refractivity contribution < 1.29 is 9.53 Å². The van der Waals surface area contributed by atoms with E-state index >= 15 is 0 Å². The first kappa shape index (κ1) is 15.7. The fourth-order valence-corrected chi connectivity index (χ4v) is 2.49. The number of anilines is 1. The second-order valence-corrected chi connectivity index (χ2v) is 6.78. The summed E-state index contributed by atoms with van der Waals surface area (Å²) in [5, 5.41) is 12.5. The molecule has 0 aromatic heterocycles. The van der Waals surface area contributed by atoms with Crippen LogP contribution in [-0.4, -0.2) is 11.7 Å². The van der Waals surface area contributed by atoms with Crippen LogP contribution >= 0.6 is 11.6 Å². The van der Waals surface area contributed by atoms with Crippen molar-refractivity contribution in [2.24, 2.45) is 0 Å². The average Bonchev–Trinajstić information content (AvgIpc) is 2.30. The second-order valence-electron chi connectivity index (χ2n) is 6.37. The van der Waals surface area contributed by atoms with E-state index < -0.39 is 17.1 Å². The lowest BCUT2D eigenvalue weighted by atomic mass is 9.65. The van der Waals surface area contributed by atoms with Gasteiger partial charge in [-0.2, -0.15) is 5.26 Å². The van der Waals surface area contributed by atoms with Gasteiger partial charge in [-0.3, -0.25) is 5.32 Å². The summed E-state index contributed by atoms with van der Waals surface area (Å²) in [5.74, 6) is 0. The lowest BCUT2D eigenvalue weighted by molar-refractivity contribution is 0.0636. The van der Waals surface area contributed by atoms with Gasteiger partial charge in [0.15, 0.2) is 0 Å². The van der Waals surface area contributed by atoms with Crippen molar-refractivity contribution in [2.75, 3.05) is 5.32 Å². The van der Waals surface area contributed by atoms with Crippen LogP contribution in [-0.2, 0) is 10.2 Å². The Bertz CT molecular complexity index is 595. The summed E-state index contributed by atoms with van der Waals surface area (Å²) in [7, 11) is 0. The maximum absolute atomic E-state index is 11.8. The van der Waals surface area contributed by atoms with Gasteiger partial charge in [0.05, 0.1) is 22.2 Å². The molecule has 0 heterocycles. The number of carbonyl (C=O) groups excluding carboxylic acids is 1. The predicted octanol–water partition coefficient (Wildman–Crippen LogP) is 4.63. The molecule has 1 amide bonds. The predicted molar refractivity (Wildman–Crippen MR) is 82.5 cm³/mol. The molecule has 1 aliphatic carbocycles. The van der Waals surface area contributed by atoms with Gasteiger partial charge < -0.3 is 4.74 Å². The van der Waals surface area contributed by atoms with Crippen molar-refractivity contribution in [1.82, 2.24) is 0 Å². The van der Waals surface area contributed by atoms with Crippen LogP contribution in [0.2, 0.25) is 5.02 Å². The number of rotatable bonds is 2. The zero-order chi connectivity index (χ0) is 15.7. The van der Waals surface area contributed by atoms with E-state index in [9.17, 15) is 10.1 Å². The smallest absolute Gasteiger partial charge is 0.412 e. The monoisotopic (exact) mass is 306 g/mol. The number of hydrogen-bond donors (Lipinski definition) is 1. The molecule has 1 aromatic carbocycles. The first-order valence-electron chi connectivity index (χ1n) is 6.97. The number of halogens is 1. The number of amides is 1. The minimum absolute atomic E-state index is 0.428. The van der Waals surface area contributed by atoms with Gasteiger partial charge in [0.25, 0.3) is 0 Å². The molecule has 21 heavy (non-hydrogen) atoms. The molecule has 112 valence electrons. The third-order valence-corrected chi connectivity index (χ3v) is 3.91. The number of hydrogen-bond acceptors (Lipinski definition) is 3. The molecule has 0 radical (unpaired) electrons. The van der Waals surface area contributed by atoms with E-state index in [0.717, 1.165) is 24.8 Å². The highest BCUT2D eigenvalue weighted by Crippen LogP contribution is 2.44. The van der Waals surface area contributed by atoms with Gasteiger partial charge in [-0.25, -0.2) is 4.79 Å². The van der Waals surface area contributed by atoms with Crippen LogP contribution < -0.4 is 5.32 Å².